The third kappa shape index (κ3) is 2.16. The predicted molar refractivity (Wildman–Crippen MR) is 75.5 cm³/mol. The van der Waals surface area contributed by atoms with Gasteiger partial charge in [0.05, 0.1) is 26.7 Å². The molecular formula is C13H11Cl2NOS. The molecule has 0 saturated carbocycles. The molecule has 0 fully saturated rings. The lowest BCUT2D eigenvalue weighted by atomic mass is 10.0. The lowest BCUT2D eigenvalue weighted by Gasteiger charge is -2.14. The van der Waals surface area contributed by atoms with Crippen molar-refractivity contribution in [1.82, 2.24) is 4.98 Å². The Hall–Kier alpha value is -0.610. The fraction of sp³-hybridized carbons (Fsp3) is 0.308. The van der Waals surface area contributed by atoms with Gasteiger partial charge in [0.1, 0.15) is 5.01 Å². The summed E-state index contributed by atoms with van der Waals surface area (Å²) < 4.78 is 0. The number of fused-ring (bicyclic) bond motifs is 1. The molecule has 0 bridgehead atoms. The molecular weight excluding hydrogens is 289 g/mol. The van der Waals surface area contributed by atoms with Crippen LogP contribution in [0, 0.1) is 0 Å². The van der Waals surface area contributed by atoms with E-state index < -0.39 is 0 Å². The van der Waals surface area contributed by atoms with Gasteiger partial charge in [-0.15, -0.1) is 11.3 Å². The van der Waals surface area contributed by atoms with Crippen molar-refractivity contribution in [3.05, 3.63) is 38.8 Å². The van der Waals surface area contributed by atoms with Crippen LogP contribution in [0.25, 0.3) is 10.6 Å². The van der Waals surface area contributed by atoms with Gasteiger partial charge in [0, 0.05) is 5.56 Å². The third-order valence-electron chi connectivity index (χ3n) is 3.09. The van der Waals surface area contributed by atoms with Crippen LogP contribution in [0.2, 0.25) is 10.0 Å². The average molecular weight is 300 g/mol. The van der Waals surface area contributed by atoms with Gasteiger partial charge >= 0.3 is 0 Å². The number of nitrogens with zero attached hydrogens (tertiary/aromatic N) is 1. The maximum atomic E-state index is 9.94. The van der Waals surface area contributed by atoms with Crippen molar-refractivity contribution in [1.29, 1.82) is 0 Å². The van der Waals surface area contributed by atoms with Crippen LogP contribution in [0.4, 0.5) is 0 Å². The van der Waals surface area contributed by atoms with E-state index in [0.717, 1.165) is 40.4 Å². The number of benzene rings is 1. The molecule has 1 heterocycles. The van der Waals surface area contributed by atoms with Crippen LogP contribution in [-0.4, -0.2) is 10.1 Å². The zero-order valence-electron chi connectivity index (χ0n) is 9.49. The second kappa shape index (κ2) is 4.82. The fourth-order valence-corrected chi connectivity index (χ4v) is 3.58. The van der Waals surface area contributed by atoms with Crippen LogP contribution >= 0.6 is 34.5 Å². The van der Waals surface area contributed by atoms with E-state index in [1.807, 2.05) is 12.1 Å². The van der Waals surface area contributed by atoms with Gasteiger partial charge < -0.3 is 5.11 Å². The zero-order chi connectivity index (χ0) is 12.7. The molecule has 2 nitrogen and oxygen atoms in total. The minimum absolute atomic E-state index is 0.359. The molecule has 1 unspecified atom stereocenters. The van der Waals surface area contributed by atoms with Crippen LogP contribution < -0.4 is 0 Å². The van der Waals surface area contributed by atoms with Gasteiger partial charge in [-0.2, -0.15) is 0 Å². The highest BCUT2D eigenvalue weighted by molar-refractivity contribution is 7.15. The molecule has 1 aliphatic carbocycles. The molecule has 94 valence electrons. The second-order valence-electron chi connectivity index (χ2n) is 4.37. The molecule has 18 heavy (non-hydrogen) atoms. The SMILES string of the molecule is OC1CCCc2nc(-c3ccc(Cl)c(Cl)c3)sc21. The lowest BCUT2D eigenvalue weighted by Crippen LogP contribution is -2.06. The van der Waals surface area contributed by atoms with Gasteiger partial charge in [-0.1, -0.05) is 29.3 Å². The monoisotopic (exact) mass is 299 g/mol. The Balaban J connectivity index is 2.04. The highest BCUT2D eigenvalue weighted by Gasteiger charge is 2.23. The number of hydrogen-bond donors (Lipinski definition) is 1. The van der Waals surface area contributed by atoms with Crippen LogP contribution in [0.3, 0.4) is 0 Å². The average Bonchev–Trinajstić information content (AvgIpc) is 2.78. The summed E-state index contributed by atoms with van der Waals surface area (Å²) in [4.78, 5) is 5.60. The molecule has 5 heteroatoms. The van der Waals surface area contributed by atoms with E-state index in [1.54, 1.807) is 17.4 Å². The predicted octanol–water partition coefficient (Wildman–Crippen LogP) is 4.49. The number of hydrogen-bond acceptors (Lipinski definition) is 3. The molecule has 2 aromatic rings. The lowest BCUT2D eigenvalue weighted by molar-refractivity contribution is 0.160. The fourth-order valence-electron chi connectivity index (χ4n) is 2.15. The van der Waals surface area contributed by atoms with E-state index in [-0.39, 0.29) is 6.10 Å². The standard InChI is InChI=1S/C13H11Cl2NOS/c14-8-5-4-7(6-9(8)15)13-16-10-2-1-3-11(17)12(10)18-13/h4-6,11,17H,1-3H2. The summed E-state index contributed by atoms with van der Waals surface area (Å²) >= 11 is 13.5. The summed E-state index contributed by atoms with van der Waals surface area (Å²) in [5, 5.41) is 11.9. The van der Waals surface area contributed by atoms with Crippen molar-refractivity contribution >= 4 is 34.5 Å². The summed E-state index contributed by atoms with van der Waals surface area (Å²) in [6.07, 6.45) is 2.42. The summed E-state index contributed by atoms with van der Waals surface area (Å²) in [5.41, 5.74) is 1.98. The normalized spacial score (nSPS) is 18.7. The van der Waals surface area contributed by atoms with E-state index >= 15 is 0 Å². The van der Waals surface area contributed by atoms with Crippen LogP contribution in [0.1, 0.15) is 29.5 Å². The number of rotatable bonds is 1. The number of aliphatic hydroxyl groups is 1. The summed E-state index contributed by atoms with van der Waals surface area (Å²) in [5.74, 6) is 0. The topological polar surface area (TPSA) is 33.1 Å². The van der Waals surface area contributed by atoms with Crippen molar-refractivity contribution in [3.8, 4) is 10.6 Å². The van der Waals surface area contributed by atoms with Crippen molar-refractivity contribution < 1.29 is 5.11 Å². The van der Waals surface area contributed by atoms with Gasteiger partial charge in [0.2, 0.25) is 0 Å². The molecule has 0 aliphatic heterocycles. The van der Waals surface area contributed by atoms with E-state index in [4.69, 9.17) is 23.2 Å². The van der Waals surface area contributed by atoms with Gasteiger partial charge in [0.25, 0.3) is 0 Å². The Kier molecular flexibility index (Phi) is 3.32. The number of halogens is 2. The highest BCUT2D eigenvalue weighted by Crippen LogP contribution is 2.38. The quantitative estimate of drug-likeness (QED) is 0.842. The summed E-state index contributed by atoms with van der Waals surface area (Å²) in [6, 6.07) is 5.50. The molecule has 0 saturated heterocycles. The maximum Gasteiger partial charge on any atom is 0.124 e. The van der Waals surface area contributed by atoms with E-state index in [0.29, 0.717) is 10.0 Å². The highest BCUT2D eigenvalue weighted by atomic mass is 35.5. The Morgan fingerprint density at radius 3 is 2.83 bits per heavy atom. The summed E-state index contributed by atoms with van der Waals surface area (Å²) in [6.45, 7) is 0. The van der Waals surface area contributed by atoms with Gasteiger partial charge in [-0.05, 0) is 31.4 Å². The molecule has 0 radical (unpaired) electrons. The van der Waals surface area contributed by atoms with E-state index in [2.05, 4.69) is 4.98 Å². The number of thiazole rings is 1. The van der Waals surface area contributed by atoms with Crippen LogP contribution in [0.15, 0.2) is 18.2 Å². The Morgan fingerprint density at radius 1 is 1.28 bits per heavy atom. The van der Waals surface area contributed by atoms with Gasteiger partial charge in [-0.3, -0.25) is 0 Å². The number of aryl methyl sites for hydroxylation is 1. The van der Waals surface area contributed by atoms with E-state index in [1.165, 1.54) is 0 Å². The largest absolute Gasteiger partial charge is 0.388 e. The summed E-state index contributed by atoms with van der Waals surface area (Å²) in [7, 11) is 0. The van der Waals surface area contributed by atoms with Gasteiger partial charge in [-0.25, -0.2) is 4.98 Å². The third-order valence-corrected chi connectivity index (χ3v) is 5.07. The van der Waals surface area contributed by atoms with Gasteiger partial charge in [0.15, 0.2) is 0 Å². The smallest absolute Gasteiger partial charge is 0.124 e. The van der Waals surface area contributed by atoms with E-state index in [9.17, 15) is 5.11 Å². The van der Waals surface area contributed by atoms with Crippen molar-refractivity contribution in [2.24, 2.45) is 0 Å². The molecule has 1 N–H and O–H groups in total. The minimum Gasteiger partial charge on any atom is -0.388 e. The Bertz CT molecular complexity index is 597. The number of aliphatic hydroxyl groups excluding tert-OH is 1. The Morgan fingerprint density at radius 2 is 2.11 bits per heavy atom. The molecule has 3 rings (SSSR count). The first-order valence-corrected chi connectivity index (χ1v) is 7.35. The molecule has 0 amide bonds. The Labute approximate surface area is 119 Å². The van der Waals surface area contributed by atoms with Crippen molar-refractivity contribution in [3.63, 3.8) is 0 Å². The first kappa shape index (κ1) is 12.4. The maximum absolute atomic E-state index is 9.94. The zero-order valence-corrected chi connectivity index (χ0v) is 11.8. The van der Waals surface area contributed by atoms with Crippen molar-refractivity contribution in [2.45, 2.75) is 25.4 Å². The van der Waals surface area contributed by atoms with Crippen LogP contribution in [-0.2, 0) is 6.42 Å². The van der Waals surface area contributed by atoms with Crippen molar-refractivity contribution in [2.75, 3.05) is 0 Å². The molecule has 0 spiro atoms. The minimum atomic E-state index is -0.359. The molecule has 1 atom stereocenters. The van der Waals surface area contributed by atoms with Crippen LogP contribution in [0.5, 0.6) is 0 Å². The molecule has 1 aliphatic rings. The molecule has 1 aromatic carbocycles. The molecule has 1 aromatic heterocycles. The first-order valence-electron chi connectivity index (χ1n) is 5.78. The first-order chi connectivity index (χ1) is 8.65. The second-order valence-corrected chi connectivity index (χ2v) is 6.21. The number of aromatic nitrogens is 1.